The van der Waals surface area contributed by atoms with Gasteiger partial charge in [-0.15, -0.1) is 0 Å². The van der Waals surface area contributed by atoms with E-state index in [0.29, 0.717) is 11.6 Å². The average Bonchev–Trinajstić information content (AvgIpc) is 3.35. The molecule has 0 spiro atoms. The predicted octanol–water partition coefficient (Wildman–Crippen LogP) is 5.74. The van der Waals surface area contributed by atoms with Gasteiger partial charge in [-0.3, -0.25) is 10.2 Å². The number of aromatic nitrogens is 2. The van der Waals surface area contributed by atoms with Crippen molar-refractivity contribution in [3.05, 3.63) is 40.0 Å². The van der Waals surface area contributed by atoms with Crippen LogP contribution in [0.1, 0.15) is 85.1 Å². The molecule has 3 unspecified atom stereocenters. The summed E-state index contributed by atoms with van der Waals surface area (Å²) in [5.74, 6) is 1.48. The van der Waals surface area contributed by atoms with Crippen molar-refractivity contribution < 1.29 is 9.53 Å². The maximum Gasteiger partial charge on any atom is 0.260 e. The first-order valence-corrected chi connectivity index (χ1v) is 13.1. The molecule has 2 heterocycles. The van der Waals surface area contributed by atoms with Gasteiger partial charge in [0.2, 0.25) is 0 Å². The maximum atomic E-state index is 12.9. The van der Waals surface area contributed by atoms with Crippen molar-refractivity contribution in [2.24, 2.45) is 5.92 Å². The summed E-state index contributed by atoms with van der Waals surface area (Å²) in [5, 5.41) is 11.3. The molecule has 7 nitrogen and oxygen atoms in total. The van der Waals surface area contributed by atoms with Crippen molar-refractivity contribution in [3.8, 4) is 5.75 Å². The van der Waals surface area contributed by atoms with Crippen LogP contribution in [0, 0.1) is 12.8 Å². The number of hydrogen-bond donors (Lipinski definition) is 3. The number of amides is 1. The van der Waals surface area contributed by atoms with E-state index in [1.54, 1.807) is 11.7 Å². The second kappa shape index (κ2) is 10.3. The molecule has 0 aliphatic carbocycles. The lowest BCUT2D eigenvalue weighted by atomic mass is 9.76. The minimum Gasteiger partial charge on any atom is -0.481 e. The van der Waals surface area contributed by atoms with Gasteiger partial charge in [0.1, 0.15) is 16.9 Å². The molecule has 1 aliphatic heterocycles. The summed E-state index contributed by atoms with van der Waals surface area (Å²) in [7, 11) is 0. The highest BCUT2D eigenvalue weighted by Crippen LogP contribution is 2.39. The first-order valence-electron chi connectivity index (χ1n) is 12.7. The highest BCUT2D eigenvalue weighted by molar-refractivity contribution is 6.33. The van der Waals surface area contributed by atoms with Gasteiger partial charge in [0.25, 0.3) is 5.91 Å². The van der Waals surface area contributed by atoms with E-state index in [9.17, 15) is 4.79 Å². The number of benzene rings is 1. The lowest BCUT2D eigenvalue weighted by Gasteiger charge is -2.31. The van der Waals surface area contributed by atoms with Crippen molar-refractivity contribution >= 4 is 23.3 Å². The third-order valence-corrected chi connectivity index (χ3v) is 8.09. The van der Waals surface area contributed by atoms with Crippen LogP contribution >= 0.6 is 11.6 Å². The van der Waals surface area contributed by atoms with Gasteiger partial charge in [-0.25, -0.2) is 0 Å². The molecule has 0 radical (unpaired) electrons. The number of aryl methyl sites for hydroxylation is 1. The first-order chi connectivity index (χ1) is 16.3. The molecule has 35 heavy (non-hydrogen) atoms. The maximum absolute atomic E-state index is 12.9. The van der Waals surface area contributed by atoms with Crippen LogP contribution in [0.5, 0.6) is 5.75 Å². The van der Waals surface area contributed by atoms with Gasteiger partial charge in [-0.1, -0.05) is 72.2 Å². The van der Waals surface area contributed by atoms with E-state index in [1.165, 1.54) is 5.56 Å². The molecular formula is C27H42ClN5O2. The molecule has 0 saturated heterocycles. The van der Waals surface area contributed by atoms with Crippen LogP contribution in [0.25, 0.3) is 0 Å². The summed E-state index contributed by atoms with van der Waals surface area (Å²) < 4.78 is 6.25. The number of rotatable bonds is 10. The molecule has 0 fully saturated rings. The van der Waals surface area contributed by atoms with Gasteiger partial charge in [0.05, 0.1) is 5.69 Å². The monoisotopic (exact) mass is 503 g/mol. The highest BCUT2D eigenvalue weighted by Gasteiger charge is 2.30. The molecule has 0 saturated carbocycles. The number of halogens is 1. The second-order valence-corrected chi connectivity index (χ2v) is 11.5. The van der Waals surface area contributed by atoms with Gasteiger partial charge in [-0.2, -0.15) is 9.89 Å². The lowest BCUT2D eigenvalue weighted by molar-refractivity contribution is -0.127. The van der Waals surface area contributed by atoms with Crippen molar-refractivity contribution in [1.82, 2.24) is 15.2 Å². The number of ether oxygens (including phenoxy) is 1. The van der Waals surface area contributed by atoms with Crippen molar-refractivity contribution in [2.75, 3.05) is 17.3 Å². The Morgan fingerprint density at radius 2 is 1.86 bits per heavy atom. The van der Waals surface area contributed by atoms with Crippen LogP contribution in [0.3, 0.4) is 0 Å². The molecule has 1 aromatic heterocycles. The van der Waals surface area contributed by atoms with Crippen LogP contribution in [-0.4, -0.2) is 34.6 Å². The number of nitrogens with zero attached hydrogens (tertiary/aromatic N) is 2. The summed E-state index contributed by atoms with van der Waals surface area (Å²) >= 11 is 6.30. The molecule has 3 N–H and O–H groups in total. The van der Waals surface area contributed by atoms with Crippen LogP contribution in [0.4, 0.5) is 5.82 Å². The Morgan fingerprint density at radius 3 is 2.46 bits per heavy atom. The Morgan fingerprint density at radius 1 is 1.20 bits per heavy atom. The third-order valence-electron chi connectivity index (χ3n) is 7.64. The summed E-state index contributed by atoms with van der Waals surface area (Å²) in [6.07, 6.45) is 1.32. The summed E-state index contributed by atoms with van der Waals surface area (Å²) in [4.78, 5) is 14.6. The van der Waals surface area contributed by atoms with Crippen molar-refractivity contribution in [1.29, 1.82) is 0 Å². The number of fused-ring (bicyclic) bond motifs is 1. The van der Waals surface area contributed by atoms with E-state index in [2.05, 4.69) is 81.8 Å². The number of carbonyl (C=O) groups excluding carboxylic acids is 1. The molecule has 1 aliphatic rings. The normalized spacial score (nSPS) is 17.3. The molecule has 3 rings (SSSR count). The number of hydrogen-bond acceptors (Lipinski definition) is 5. The Bertz CT molecular complexity index is 1060. The molecular weight excluding hydrogens is 462 g/mol. The SMILES string of the molecule is CCC(C)(C)c1ccc(OC(C)C(=O)NCC(C)C2Nc3c(Cl)c(C)nn3N2)c(C(C)(C)CC)c1. The van der Waals surface area contributed by atoms with Crippen LogP contribution in [-0.2, 0) is 15.6 Å². The minimum absolute atomic E-state index is 0.0656. The highest BCUT2D eigenvalue weighted by atomic mass is 35.5. The quantitative estimate of drug-likeness (QED) is 0.385. The van der Waals surface area contributed by atoms with Crippen LogP contribution in [0.2, 0.25) is 5.02 Å². The van der Waals surface area contributed by atoms with E-state index < -0.39 is 6.10 Å². The first kappa shape index (κ1) is 27.2. The molecule has 1 aromatic carbocycles. The molecule has 2 aromatic rings. The van der Waals surface area contributed by atoms with Gasteiger partial charge in [0, 0.05) is 18.0 Å². The van der Waals surface area contributed by atoms with Crippen LogP contribution in [0.15, 0.2) is 18.2 Å². The number of nitrogens with one attached hydrogen (secondary N) is 3. The fourth-order valence-electron chi connectivity index (χ4n) is 4.05. The average molecular weight is 504 g/mol. The van der Waals surface area contributed by atoms with E-state index in [4.69, 9.17) is 16.3 Å². The van der Waals surface area contributed by atoms with Crippen molar-refractivity contribution in [2.45, 2.75) is 98.3 Å². The van der Waals surface area contributed by atoms with E-state index in [0.717, 1.165) is 35.7 Å². The van der Waals surface area contributed by atoms with Crippen molar-refractivity contribution in [3.63, 3.8) is 0 Å². The molecule has 8 heteroatoms. The molecule has 0 bridgehead atoms. The summed E-state index contributed by atoms with van der Waals surface area (Å²) in [6, 6.07) is 6.43. The summed E-state index contributed by atoms with van der Waals surface area (Å²) in [6.45, 7) is 19.6. The Balaban J connectivity index is 1.64. The number of carbonyl (C=O) groups is 1. The Hall–Kier alpha value is -2.41. The fourth-order valence-corrected chi connectivity index (χ4v) is 4.22. The van der Waals surface area contributed by atoms with Gasteiger partial charge in [0.15, 0.2) is 11.9 Å². The van der Waals surface area contributed by atoms with Gasteiger partial charge < -0.3 is 15.4 Å². The van der Waals surface area contributed by atoms with Gasteiger partial charge >= 0.3 is 0 Å². The summed E-state index contributed by atoms with van der Waals surface area (Å²) in [5.41, 5.74) is 6.49. The molecule has 194 valence electrons. The zero-order valence-corrected chi connectivity index (χ0v) is 23.4. The Labute approximate surface area is 215 Å². The van der Waals surface area contributed by atoms with E-state index in [1.807, 2.05) is 13.0 Å². The molecule has 3 atom stereocenters. The van der Waals surface area contributed by atoms with E-state index in [-0.39, 0.29) is 28.8 Å². The topological polar surface area (TPSA) is 80.2 Å². The standard InChI is InChI=1S/C27H42ClN5O2/c1-10-26(6,7)19-12-13-21(20(14-19)27(8,9)11-2)35-18(5)25(34)29-15-16(3)23-30-24-22(28)17(4)31-33(24)32-23/h12-14,16,18,23,30,32H,10-11,15H2,1-9H3,(H,29,34). The lowest BCUT2D eigenvalue weighted by Crippen LogP contribution is -2.43. The number of anilines is 1. The second-order valence-electron chi connectivity index (χ2n) is 11.1. The van der Waals surface area contributed by atoms with E-state index >= 15 is 0 Å². The predicted molar refractivity (Wildman–Crippen MR) is 144 cm³/mol. The minimum atomic E-state index is -0.615. The largest absolute Gasteiger partial charge is 0.481 e. The van der Waals surface area contributed by atoms with Gasteiger partial charge in [-0.05, 0) is 49.1 Å². The third kappa shape index (κ3) is 5.71. The fraction of sp³-hybridized carbons (Fsp3) is 0.630. The zero-order chi connectivity index (χ0) is 26.1. The Kier molecular flexibility index (Phi) is 7.99. The van der Waals surface area contributed by atoms with Crippen LogP contribution < -0.4 is 20.8 Å². The zero-order valence-electron chi connectivity index (χ0n) is 22.7. The smallest absolute Gasteiger partial charge is 0.260 e. The molecule has 1 amide bonds.